The van der Waals surface area contributed by atoms with E-state index < -0.39 is 5.91 Å². The number of thiazole rings is 1. The smallest absolute Gasteiger partial charge is 0.292 e. The van der Waals surface area contributed by atoms with E-state index >= 15 is 0 Å². The van der Waals surface area contributed by atoms with Gasteiger partial charge in [-0.05, 0) is 26.0 Å². The molecule has 9 heteroatoms. The zero-order valence-electron chi connectivity index (χ0n) is 15.1. The zero-order chi connectivity index (χ0) is 19.7. The van der Waals surface area contributed by atoms with E-state index in [1.54, 1.807) is 48.0 Å². The van der Waals surface area contributed by atoms with Crippen LogP contribution >= 0.6 is 11.3 Å². The Morgan fingerprint density at radius 1 is 1.29 bits per heavy atom. The van der Waals surface area contributed by atoms with Crippen molar-refractivity contribution in [2.24, 2.45) is 5.10 Å². The molecule has 4 rings (SSSR count). The molecule has 3 aromatic heterocycles. The summed E-state index contributed by atoms with van der Waals surface area (Å²) < 4.78 is 2.03. The number of hydrazone groups is 1. The minimum absolute atomic E-state index is 0.112. The molecule has 0 fully saturated rings. The van der Waals surface area contributed by atoms with Gasteiger partial charge >= 0.3 is 0 Å². The molecule has 0 unspecified atom stereocenters. The second-order valence-electron chi connectivity index (χ2n) is 6.12. The molecule has 3 heterocycles. The first-order valence-corrected chi connectivity index (χ1v) is 9.34. The van der Waals surface area contributed by atoms with Crippen molar-refractivity contribution < 1.29 is 4.79 Å². The van der Waals surface area contributed by atoms with Crippen LogP contribution in [-0.2, 0) is 0 Å². The van der Waals surface area contributed by atoms with Crippen LogP contribution in [0.5, 0.6) is 0 Å². The van der Waals surface area contributed by atoms with Crippen LogP contribution in [0, 0.1) is 13.8 Å². The number of nitrogens with one attached hydrogen (secondary N) is 2. The van der Waals surface area contributed by atoms with Gasteiger partial charge in [0, 0.05) is 33.9 Å². The summed E-state index contributed by atoms with van der Waals surface area (Å²) in [7, 11) is 0. The number of aromatic nitrogens is 4. The van der Waals surface area contributed by atoms with Crippen molar-refractivity contribution in [3.05, 3.63) is 74.9 Å². The molecule has 0 bridgehead atoms. The molecule has 0 aliphatic carbocycles. The standard InChI is InChI=1S/C19H16N6O2S/c1-11-9-13(12(2)25(11)19-20-7-8-28-19)10-21-23-18(27)16-14-5-3-4-6-15(14)17(26)24-22-16/h3-10H,1-2H3,(H,23,27)(H,24,26)/b21-10-. The van der Waals surface area contributed by atoms with E-state index in [4.69, 9.17) is 0 Å². The van der Waals surface area contributed by atoms with Crippen LogP contribution in [0.3, 0.4) is 0 Å². The number of carbonyl (C=O) groups is 1. The molecular formula is C19H16N6O2S. The molecule has 2 N–H and O–H groups in total. The van der Waals surface area contributed by atoms with Gasteiger partial charge in [0.1, 0.15) is 0 Å². The van der Waals surface area contributed by atoms with Crippen LogP contribution < -0.4 is 11.0 Å². The van der Waals surface area contributed by atoms with Crippen molar-refractivity contribution in [1.29, 1.82) is 0 Å². The van der Waals surface area contributed by atoms with Gasteiger partial charge < -0.3 is 0 Å². The van der Waals surface area contributed by atoms with Crippen molar-refractivity contribution in [2.75, 3.05) is 0 Å². The van der Waals surface area contributed by atoms with Gasteiger partial charge in [-0.3, -0.25) is 14.2 Å². The average molecular weight is 392 g/mol. The Kier molecular flexibility index (Phi) is 4.58. The zero-order valence-corrected chi connectivity index (χ0v) is 15.9. The molecular weight excluding hydrogens is 376 g/mol. The van der Waals surface area contributed by atoms with Crippen LogP contribution in [-0.4, -0.2) is 31.9 Å². The minimum Gasteiger partial charge on any atom is -0.294 e. The lowest BCUT2D eigenvalue weighted by molar-refractivity contribution is 0.0951. The lowest BCUT2D eigenvalue weighted by Gasteiger charge is -2.04. The molecule has 0 aliphatic rings. The normalized spacial score (nSPS) is 11.4. The number of hydrogen-bond acceptors (Lipinski definition) is 6. The highest BCUT2D eigenvalue weighted by Crippen LogP contribution is 2.21. The van der Waals surface area contributed by atoms with E-state index in [0.29, 0.717) is 10.8 Å². The number of amides is 1. The van der Waals surface area contributed by atoms with E-state index in [0.717, 1.165) is 22.1 Å². The van der Waals surface area contributed by atoms with Crippen molar-refractivity contribution in [2.45, 2.75) is 13.8 Å². The number of rotatable bonds is 4. The lowest BCUT2D eigenvalue weighted by Crippen LogP contribution is -2.22. The first-order valence-electron chi connectivity index (χ1n) is 8.46. The van der Waals surface area contributed by atoms with Gasteiger partial charge in [-0.25, -0.2) is 15.5 Å². The summed E-state index contributed by atoms with van der Waals surface area (Å²) in [5, 5.41) is 13.9. The van der Waals surface area contributed by atoms with Gasteiger partial charge in [0.05, 0.1) is 11.6 Å². The summed E-state index contributed by atoms with van der Waals surface area (Å²) in [6, 6.07) is 8.77. The van der Waals surface area contributed by atoms with Gasteiger partial charge in [-0.1, -0.05) is 18.2 Å². The fourth-order valence-corrected chi connectivity index (χ4v) is 3.79. The molecule has 0 saturated carbocycles. The molecule has 1 amide bonds. The van der Waals surface area contributed by atoms with Crippen LogP contribution in [0.15, 0.2) is 51.8 Å². The monoisotopic (exact) mass is 392 g/mol. The number of nitrogens with zero attached hydrogens (tertiary/aromatic N) is 4. The van der Waals surface area contributed by atoms with E-state index in [1.807, 2.05) is 29.9 Å². The third-order valence-corrected chi connectivity index (χ3v) is 5.12. The number of benzene rings is 1. The summed E-state index contributed by atoms with van der Waals surface area (Å²) in [4.78, 5) is 28.7. The summed E-state index contributed by atoms with van der Waals surface area (Å²) in [5.41, 5.74) is 5.10. The van der Waals surface area contributed by atoms with E-state index in [1.165, 1.54) is 0 Å². The number of carbonyl (C=O) groups excluding carboxylic acids is 1. The highest BCUT2D eigenvalue weighted by Gasteiger charge is 2.14. The molecule has 4 aromatic rings. The maximum absolute atomic E-state index is 12.5. The van der Waals surface area contributed by atoms with Gasteiger partial charge in [-0.2, -0.15) is 10.2 Å². The van der Waals surface area contributed by atoms with Gasteiger partial charge in [0.2, 0.25) is 0 Å². The molecule has 0 atom stereocenters. The molecule has 1 aromatic carbocycles. The van der Waals surface area contributed by atoms with Crippen molar-refractivity contribution in [1.82, 2.24) is 25.2 Å². The lowest BCUT2D eigenvalue weighted by atomic mass is 10.1. The van der Waals surface area contributed by atoms with E-state index in [-0.39, 0.29) is 11.3 Å². The van der Waals surface area contributed by atoms with Crippen molar-refractivity contribution >= 4 is 34.2 Å². The number of H-pyrrole nitrogens is 1. The summed E-state index contributed by atoms with van der Waals surface area (Å²) >= 11 is 1.55. The van der Waals surface area contributed by atoms with Crippen LogP contribution in [0.2, 0.25) is 0 Å². The van der Waals surface area contributed by atoms with Gasteiger partial charge in [-0.15, -0.1) is 11.3 Å². The predicted molar refractivity (Wildman–Crippen MR) is 108 cm³/mol. The number of aryl methyl sites for hydroxylation is 1. The first kappa shape index (κ1) is 17.8. The quantitative estimate of drug-likeness (QED) is 0.411. The Hall–Kier alpha value is -3.59. The number of hydrogen-bond donors (Lipinski definition) is 2. The van der Waals surface area contributed by atoms with E-state index in [9.17, 15) is 9.59 Å². The topological polar surface area (TPSA) is 105 Å². The molecule has 28 heavy (non-hydrogen) atoms. The number of fused-ring (bicyclic) bond motifs is 1. The Morgan fingerprint density at radius 3 is 2.82 bits per heavy atom. The maximum Gasteiger partial charge on any atom is 0.292 e. The second-order valence-corrected chi connectivity index (χ2v) is 7.00. The third-order valence-electron chi connectivity index (χ3n) is 4.36. The molecule has 0 spiro atoms. The van der Waals surface area contributed by atoms with E-state index in [2.05, 4.69) is 25.7 Å². The predicted octanol–water partition coefficient (Wildman–Crippen LogP) is 2.55. The van der Waals surface area contributed by atoms with Crippen molar-refractivity contribution in [3.8, 4) is 5.13 Å². The Balaban J connectivity index is 1.58. The molecule has 8 nitrogen and oxygen atoms in total. The van der Waals surface area contributed by atoms with Gasteiger partial charge in [0.25, 0.3) is 11.5 Å². The molecule has 140 valence electrons. The molecule has 0 aliphatic heterocycles. The van der Waals surface area contributed by atoms with Crippen LogP contribution in [0.1, 0.15) is 27.4 Å². The Labute approximate surface area is 163 Å². The molecule has 0 saturated heterocycles. The Morgan fingerprint density at radius 2 is 2.07 bits per heavy atom. The maximum atomic E-state index is 12.5. The summed E-state index contributed by atoms with van der Waals surface area (Å²) in [6.45, 7) is 3.95. The number of aromatic amines is 1. The minimum atomic E-state index is -0.502. The fraction of sp³-hybridized carbons (Fsp3) is 0.105. The SMILES string of the molecule is Cc1cc(/C=N\NC(=O)c2n[nH]c(=O)c3ccccc23)c(C)n1-c1nccs1. The Bertz CT molecular complexity index is 1250. The largest absolute Gasteiger partial charge is 0.294 e. The highest BCUT2D eigenvalue weighted by atomic mass is 32.1. The summed E-state index contributed by atoms with van der Waals surface area (Å²) in [5.74, 6) is -0.502. The van der Waals surface area contributed by atoms with Crippen molar-refractivity contribution in [3.63, 3.8) is 0 Å². The van der Waals surface area contributed by atoms with Crippen LogP contribution in [0.25, 0.3) is 15.9 Å². The molecule has 0 radical (unpaired) electrons. The van der Waals surface area contributed by atoms with Crippen LogP contribution in [0.4, 0.5) is 0 Å². The highest BCUT2D eigenvalue weighted by molar-refractivity contribution is 7.12. The second kappa shape index (κ2) is 7.20. The first-order chi connectivity index (χ1) is 13.6. The average Bonchev–Trinajstić information content (AvgIpc) is 3.30. The third kappa shape index (κ3) is 3.12. The summed E-state index contributed by atoms with van der Waals surface area (Å²) in [6.07, 6.45) is 3.34. The van der Waals surface area contributed by atoms with Gasteiger partial charge in [0.15, 0.2) is 10.8 Å². The fourth-order valence-electron chi connectivity index (χ4n) is 3.04.